The quantitative estimate of drug-likeness (QED) is 0.318. The summed E-state index contributed by atoms with van der Waals surface area (Å²) in [7, 11) is 0. The molecule has 0 aromatic carbocycles. The van der Waals surface area contributed by atoms with Gasteiger partial charge in [-0.2, -0.15) is 0 Å². The van der Waals surface area contributed by atoms with Crippen molar-refractivity contribution in [3.05, 3.63) is 48.1 Å². The number of hydrogen-bond acceptors (Lipinski definition) is 6. The molecule has 6 heteroatoms. The van der Waals surface area contributed by atoms with E-state index in [0.717, 1.165) is 12.8 Å². The van der Waals surface area contributed by atoms with Crippen molar-refractivity contribution in [1.82, 2.24) is 0 Å². The van der Waals surface area contributed by atoms with Gasteiger partial charge in [0, 0.05) is 23.0 Å². The van der Waals surface area contributed by atoms with E-state index >= 15 is 0 Å². The van der Waals surface area contributed by atoms with Crippen LogP contribution in [0.5, 0.6) is 0 Å². The molecule has 158 valence electrons. The molecule has 6 nitrogen and oxygen atoms in total. The van der Waals surface area contributed by atoms with E-state index in [-0.39, 0.29) is 24.5 Å². The van der Waals surface area contributed by atoms with Crippen LogP contribution in [0.3, 0.4) is 0 Å². The predicted octanol–water partition coefficient (Wildman–Crippen LogP) is 2.62. The van der Waals surface area contributed by atoms with E-state index in [1.165, 1.54) is 6.08 Å². The highest BCUT2D eigenvalue weighted by Crippen LogP contribution is 2.63. The first-order valence-electron chi connectivity index (χ1n) is 10.1. The number of allylic oxidation sites excluding steroid dienone is 4. The summed E-state index contributed by atoms with van der Waals surface area (Å²) in [6.45, 7) is 6.11. The Morgan fingerprint density at radius 2 is 1.97 bits per heavy atom. The molecule has 1 saturated heterocycles. The van der Waals surface area contributed by atoms with Crippen LogP contribution in [0, 0.1) is 16.7 Å². The molecule has 0 radical (unpaired) electrons. The van der Waals surface area contributed by atoms with Gasteiger partial charge in [0.05, 0.1) is 6.61 Å². The zero-order valence-electron chi connectivity index (χ0n) is 17.3. The number of esters is 2. The molecular formula is C23H30O6. The molecule has 2 N–H and O–H groups in total. The van der Waals surface area contributed by atoms with Gasteiger partial charge >= 0.3 is 11.9 Å². The Morgan fingerprint density at radius 3 is 2.69 bits per heavy atom. The number of ether oxygens (including phenoxy) is 2. The SMILES string of the molecule is CC1(C)CCC[C@]2(C)[C@@H]1[C@H](OC(=O)/C=C/C=C/C=C/CO)C=C1COC(=O)[C@@]12O. The molecule has 3 rings (SSSR count). The number of carbonyl (C=O) groups excluding carboxylic acids is 2. The van der Waals surface area contributed by atoms with E-state index < -0.39 is 29.1 Å². The lowest BCUT2D eigenvalue weighted by molar-refractivity contribution is -0.194. The summed E-state index contributed by atoms with van der Waals surface area (Å²) in [5.74, 6) is -1.30. The highest BCUT2D eigenvalue weighted by Gasteiger charge is 2.69. The van der Waals surface area contributed by atoms with Gasteiger partial charge in [0.15, 0.2) is 5.60 Å². The zero-order chi connectivity index (χ0) is 21.3. The average Bonchev–Trinajstić information content (AvgIpc) is 2.94. The first kappa shape index (κ1) is 21.5. The number of cyclic esters (lactones) is 1. The van der Waals surface area contributed by atoms with Crippen LogP contribution in [0.1, 0.15) is 40.0 Å². The molecule has 0 spiro atoms. The van der Waals surface area contributed by atoms with Crippen LogP contribution in [0.2, 0.25) is 0 Å². The lowest BCUT2D eigenvalue weighted by Crippen LogP contribution is -2.65. The average molecular weight is 402 g/mol. The lowest BCUT2D eigenvalue weighted by Gasteiger charge is -2.59. The summed E-state index contributed by atoms with van der Waals surface area (Å²) in [6.07, 6.45) is 13.2. The van der Waals surface area contributed by atoms with Gasteiger partial charge in [-0.1, -0.05) is 57.6 Å². The number of aliphatic hydroxyl groups is 2. The Morgan fingerprint density at radius 1 is 1.24 bits per heavy atom. The smallest absolute Gasteiger partial charge is 0.343 e. The standard InChI is InChI=1S/C23H30O6/c1-21(2)11-9-12-22(3)19(21)17(14-16-15-28-20(26)23(16,22)27)29-18(25)10-7-5-4-6-8-13-24/h4-8,10,14,17,19,24,27H,9,11-13,15H2,1-3H3/b5-4+,8-6+,10-7+/t17-,19-,22-,23+/m1/s1. The predicted molar refractivity (Wildman–Crippen MR) is 108 cm³/mol. The van der Waals surface area contributed by atoms with Crippen molar-refractivity contribution >= 4 is 11.9 Å². The van der Waals surface area contributed by atoms with Crippen LogP contribution in [-0.4, -0.2) is 47.1 Å². The minimum Gasteiger partial charge on any atom is -0.459 e. The number of rotatable bonds is 5. The fraction of sp³-hybridized carbons (Fsp3) is 0.565. The van der Waals surface area contributed by atoms with E-state index in [1.807, 2.05) is 6.92 Å². The molecule has 1 saturated carbocycles. The van der Waals surface area contributed by atoms with E-state index in [2.05, 4.69) is 13.8 Å². The number of aliphatic hydroxyl groups excluding tert-OH is 1. The second kappa shape index (κ2) is 7.92. The van der Waals surface area contributed by atoms with Crippen molar-refractivity contribution in [2.24, 2.45) is 16.7 Å². The third-order valence-electron chi connectivity index (χ3n) is 6.74. The van der Waals surface area contributed by atoms with Gasteiger partial charge < -0.3 is 19.7 Å². The molecule has 0 bridgehead atoms. The van der Waals surface area contributed by atoms with Crippen LogP contribution < -0.4 is 0 Å². The first-order valence-corrected chi connectivity index (χ1v) is 10.1. The third-order valence-corrected chi connectivity index (χ3v) is 6.74. The summed E-state index contributed by atoms with van der Waals surface area (Å²) in [4.78, 5) is 25.0. The summed E-state index contributed by atoms with van der Waals surface area (Å²) >= 11 is 0. The minimum atomic E-state index is -1.66. The maximum atomic E-state index is 12.5. The third kappa shape index (κ3) is 3.60. The van der Waals surface area contributed by atoms with Gasteiger partial charge in [0.1, 0.15) is 12.7 Å². The Balaban J connectivity index is 1.88. The Labute approximate surface area is 171 Å². The Hall–Kier alpha value is -2.18. The first-order chi connectivity index (χ1) is 13.7. The van der Waals surface area contributed by atoms with E-state index in [1.54, 1.807) is 36.5 Å². The van der Waals surface area contributed by atoms with E-state index in [9.17, 15) is 14.7 Å². The van der Waals surface area contributed by atoms with Crippen LogP contribution in [-0.2, 0) is 19.1 Å². The van der Waals surface area contributed by atoms with E-state index in [4.69, 9.17) is 14.6 Å². The largest absolute Gasteiger partial charge is 0.459 e. The van der Waals surface area contributed by atoms with Crippen molar-refractivity contribution in [3.63, 3.8) is 0 Å². The molecule has 1 aliphatic heterocycles. The molecular weight excluding hydrogens is 372 g/mol. The minimum absolute atomic E-state index is 0.0297. The normalized spacial score (nSPS) is 36.2. The van der Waals surface area contributed by atoms with Gasteiger partial charge in [-0.15, -0.1) is 0 Å². The molecule has 2 aliphatic carbocycles. The van der Waals surface area contributed by atoms with Gasteiger partial charge in [-0.25, -0.2) is 9.59 Å². The van der Waals surface area contributed by atoms with Crippen molar-refractivity contribution in [1.29, 1.82) is 0 Å². The summed E-state index contributed by atoms with van der Waals surface area (Å²) < 4.78 is 11.0. The van der Waals surface area contributed by atoms with Gasteiger partial charge in [0.25, 0.3) is 0 Å². The maximum Gasteiger partial charge on any atom is 0.343 e. The fourth-order valence-electron chi connectivity index (χ4n) is 5.52. The zero-order valence-corrected chi connectivity index (χ0v) is 17.3. The van der Waals surface area contributed by atoms with Crippen LogP contribution in [0.15, 0.2) is 48.1 Å². The molecule has 1 heterocycles. The number of fused-ring (bicyclic) bond motifs is 3. The fourth-order valence-corrected chi connectivity index (χ4v) is 5.52. The summed E-state index contributed by atoms with van der Waals surface area (Å²) in [5.41, 5.74) is -2.15. The maximum absolute atomic E-state index is 12.5. The second-order valence-corrected chi connectivity index (χ2v) is 8.97. The second-order valence-electron chi connectivity index (χ2n) is 8.97. The monoisotopic (exact) mass is 402 g/mol. The number of carbonyl (C=O) groups is 2. The lowest BCUT2D eigenvalue weighted by atomic mass is 9.46. The molecule has 0 unspecified atom stereocenters. The van der Waals surface area contributed by atoms with Crippen LogP contribution in [0.4, 0.5) is 0 Å². The Bertz CT molecular complexity index is 789. The van der Waals surface area contributed by atoms with Crippen molar-refractivity contribution < 1.29 is 29.3 Å². The van der Waals surface area contributed by atoms with Crippen molar-refractivity contribution in [3.8, 4) is 0 Å². The Kier molecular flexibility index (Phi) is 5.88. The topological polar surface area (TPSA) is 93.1 Å². The van der Waals surface area contributed by atoms with Gasteiger partial charge in [0.2, 0.25) is 0 Å². The van der Waals surface area contributed by atoms with E-state index in [0.29, 0.717) is 12.0 Å². The highest BCUT2D eigenvalue weighted by atomic mass is 16.6. The highest BCUT2D eigenvalue weighted by molar-refractivity contribution is 5.88. The van der Waals surface area contributed by atoms with Crippen LogP contribution in [0.25, 0.3) is 0 Å². The van der Waals surface area contributed by atoms with Gasteiger partial charge in [-0.05, 0) is 24.3 Å². The van der Waals surface area contributed by atoms with Crippen LogP contribution >= 0.6 is 0 Å². The molecule has 2 fully saturated rings. The molecule has 0 aromatic heterocycles. The van der Waals surface area contributed by atoms with Crippen molar-refractivity contribution in [2.45, 2.75) is 51.7 Å². The summed E-state index contributed by atoms with van der Waals surface area (Å²) in [6, 6.07) is 0. The number of hydrogen-bond donors (Lipinski definition) is 2. The van der Waals surface area contributed by atoms with Crippen molar-refractivity contribution in [2.75, 3.05) is 13.2 Å². The molecule has 0 amide bonds. The molecule has 0 aromatic rings. The molecule has 29 heavy (non-hydrogen) atoms. The molecule has 3 aliphatic rings. The summed E-state index contributed by atoms with van der Waals surface area (Å²) in [5, 5.41) is 20.1. The molecule has 4 atom stereocenters. The van der Waals surface area contributed by atoms with Gasteiger partial charge in [-0.3, -0.25) is 0 Å².